The topological polar surface area (TPSA) is 108 Å². The van der Waals surface area contributed by atoms with Gasteiger partial charge in [0.1, 0.15) is 12.4 Å². The quantitative estimate of drug-likeness (QED) is 0.476. The molecule has 1 N–H and O–H groups in total. The van der Waals surface area contributed by atoms with E-state index in [2.05, 4.69) is 25.6 Å². The van der Waals surface area contributed by atoms with Crippen LogP contribution in [0.25, 0.3) is 11.3 Å². The molecule has 0 bridgehead atoms. The van der Waals surface area contributed by atoms with Crippen molar-refractivity contribution in [1.82, 2.24) is 34.8 Å². The van der Waals surface area contributed by atoms with E-state index >= 15 is 0 Å². The molecule has 0 aliphatic rings. The Morgan fingerprint density at radius 1 is 1.33 bits per heavy atom. The van der Waals surface area contributed by atoms with Crippen molar-refractivity contribution < 1.29 is 4.79 Å². The summed E-state index contributed by atoms with van der Waals surface area (Å²) < 4.78 is 3.00. The van der Waals surface area contributed by atoms with Gasteiger partial charge in [-0.25, -0.2) is 4.68 Å². The number of hydrogen-bond acceptors (Lipinski definition) is 7. The van der Waals surface area contributed by atoms with Crippen molar-refractivity contribution in [3.8, 4) is 11.3 Å². The van der Waals surface area contributed by atoms with Gasteiger partial charge in [-0.1, -0.05) is 11.8 Å². The Kier molecular flexibility index (Phi) is 5.97. The maximum absolute atomic E-state index is 12.4. The first kappa shape index (κ1) is 18.8. The molecule has 3 aromatic heterocycles. The van der Waals surface area contributed by atoms with Gasteiger partial charge in [0.15, 0.2) is 5.16 Å². The van der Waals surface area contributed by atoms with Gasteiger partial charge in [0.05, 0.1) is 5.69 Å². The Labute approximate surface area is 159 Å². The largest absolute Gasteiger partial charge is 0.353 e. The van der Waals surface area contributed by atoms with Crippen LogP contribution in [0.4, 0.5) is 0 Å². The normalized spacial score (nSPS) is 11.9. The molecule has 0 aromatic carbocycles. The predicted octanol–water partition coefficient (Wildman–Crippen LogP) is 0.903. The van der Waals surface area contributed by atoms with Crippen LogP contribution in [0.5, 0.6) is 0 Å². The van der Waals surface area contributed by atoms with Crippen molar-refractivity contribution in [3.05, 3.63) is 53.3 Å². The molecule has 140 valence electrons. The Hall–Kier alpha value is -3.01. The lowest BCUT2D eigenvalue weighted by Gasteiger charge is -2.14. The minimum Gasteiger partial charge on any atom is -0.353 e. The van der Waals surface area contributed by atoms with Gasteiger partial charge in [-0.2, -0.15) is 5.10 Å². The first-order valence-corrected chi connectivity index (χ1v) is 9.29. The van der Waals surface area contributed by atoms with Crippen LogP contribution in [0.3, 0.4) is 0 Å². The van der Waals surface area contributed by atoms with Gasteiger partial charge in [-0.15, -0.1) is 10.2 Å². The van der Waals surface area contributed by atoms with Gasteiger partial charge >= 0.3 is 0 Å². The monoisotopic (exact) mass is 385 g/mol. The third kappa shape index (κ3) is 4.59. The number of nitrogens with one attached hydrogen (secondary N) is 1. The summed E-state index contributed by atoms with van der Waals surface area (Å²) in [7, 11) is 1.86. The van der Waals surface area contributed by atoms with Gasteiger partial charge in [-0.05, 0) is 25.1 Å². The van der Waals surface area contributed by atoms with E-state index in [1.807, 2.05) is 17.7 Å². The van der Waals surface area contributed by atoms with Gasteiger partial charge in [-0.3, -0.25) is 14.6 Å². The third-order valence-corrected chi connectivity index (χ3v) is 4.87. The zero-order valence-corrected chi connectivity index (χ0v) is 15.8. The summed E-state index contributed by atoms with van der Waals surface area (Å²) in [6.45, 7) is 2.09. The lowest BCUT2D eigenvalue weighted by Crippen LogP contribution is -2.37. The van der Waals surface area contributed by atoms with Gasteiger partial charge in [0.25, 0.3) is 5.56 Å². The molecule has 3 rings (SSSR count). The standard InChI is InChI=1S/C17H19N7O2S/c1-12(16(26)19-8-9-27-17-21-20-11-23(17)2)24-15(25)6-5-14(22-24)13-4-3-7-18-10-13/h3-7,10-12H,8-9H2,1-2H3,(H,19,26). The van der Waals surface area contributed by atoms with Crippen molar-refractivity contribution in [2.24, 2.45) is 7.05 Å². The molecule has 0 aliphatic carbocycles. The number of amides is 1. The van der Waals surface area contributed by atoms with Crippen molar-refractivity contribution in [2.45, 2.75) is 18.1 Å². The van der Waals surface area contributed by atoms with Crippen LogP contribution in [0, 0.1) is 0 Å². The number of rotatable bonds is 7. The first-order chi connectivity index (χ1) is 13.1. The van der Waals surface area contributed by atoms with Crippen LogP contribution in [-0.4, -0.2) is 47.7 Å². The van der Waals surface area contributed by atoms with E-state index < -0.39 is 6.04 Å². The molecule has 1 amide bonds. The summed E-state index contributed by atoms with van der Waals surface area (Å²) in [5, 5.41) is 15.7. The average Bonchev–Trinajstić information content (AvgIpc) is 3.10. The molecule has 3 aromatic rings. The molecule has 3 heterocycles. The molecule has 1 atom stereocenters. The van der Waals surface area contributed by atoms with E-state index in [4.69, 9.17) is 0 Å². The van der Waals surface area contributed by atoms with Crippen LogP contribution in [0.1, 0.15) is 13.0 Å². The van der Waals surface area contributed by atoms with Crippen molar-refractivity contribution in [2.75, 3.05) is 12.3 Å². The Morgan fingerprint density at radius 2 is 2.19 bits per heavy atom. The predicted molar refractivity (Wildman–Crippen MR) is 101 cm³/mol. The zero-order valence-electron chi connectivity index (χ0n) is 14.9. The van der Waals surface area contributed by atoms with Crippen LogP contribution < -0.4 is 10.9 Å². The molecule has 1 unspecified atom stereocenters. The molecule has 0 saturated heterocycles. The fourth-order valence-corrected chi connectivity index (χ4v) is 3.09. The summed E-state index contributed by atoms with van der Waals surface area (Å²) in [6.07, 6.45) is 4.94. The maximum atomic E-state index is 12.4. The summed E-state index contributed by atoms with van der Waals surface area (Å²) in [4.78, 5) is 28.6. The van der Waals surface area contributed by atoms with Crippen molar-refractivity contribution in [1.29, 1.82) is 0 Å². The molecule has 0 aliphatic heterocycles. The second-order valence-electron chi connectivity index (χ2n) is 5.78. The first-order valence-electron chi connectivity index (χ1n) is 8.31. The van der Waals surface area contributed by atoms with E-state index in [0.717, 1.165) is 10.7 Å². The van der Waals surface area contributed by atoms with Gasteiger partial charge in [0.2, 0.25) is 5.91 Å². The van der Waals surface area contributed by atoms with E-state index in [9.17, 15) is 9.59 Å². The average molecular weight is 385 g/mol. The second-order valence-corrected chi connectivity index (χ2v) is 6.85. The number of nitrogens with zero attached hydrogens (tertiary/aromatic N) is 6. The third-order valence-electron chi connectivity index (χ3n) is 3.83. The molecular formula is C17H19N7O2S. The van der Waals surface area contributed by atoms with Crippen molar-refractivity contribution >= 4 is 17.7 Å². The molecule has 0 saturated carbocycles. The number of pyridine rings is 1. The molecule has 0 spiro atoms. The van der Waals surface area contributed by atoms with E-state index in [1.54, 1.807) is 37.8 Å². The van der Waals surface area contributed by atoms with Crippen LogP contribution >= 0.6 is 11.8 Å². The number of aryl methyl sites for hydroxylation is 1. The van der Waals surface area contributed by atoms with Gasteiger partial charge in [0, 0.05) is 43.4 Å². The maximum Gasteiger partial charge on any atom is 0.267 e. The summed E-state index contributed by atoms with van der Waals surface area (Å²) in [5.74, 6) is 0.370. The number of carbonyl (C=O) groups excluding carboxylic acids is 1. The van der Waals surface area contributed by atoms with Crippen LogP contribution in [0.2, 0.25) is 0 Å². The Bertz CT molecular complexity index is 971. The highest BCUT2D eigenvalue weighted by Gasteiger charge is 2.17. The molecular weight excluding hydrogens is 366 g/mol. The fourth-order valence-electron chi connectivity index (χ4n) is 2.35. The lowest BCUT2D eigenvalue weighted by molar-refractivity contribution is -0.124. The Morgan fingerprint density at radius 3 is 2.89 bits per heavy atom. The minimum absolute atomic E-state index is 0.272. The summed E-state index contributed by atoms with van der Waals surface area (Å²) in [6, 6.07) is 5.94. The van der Waals surface area contributed by atoms with Crippen LogP contribution in [0.15, 0.2) is 52.9 Å². The molecule has 10 heteroatoms. The Balaban J connectivity index is 1.62. The zero-order chi connectivity index (χ0) is 19.2. The summed E-state index contributed by atoms with van der Waals surface area (Å²) >= 11 is 1.49. The smallest absolute Gasteiger partial charge is 0.267 e. The fraction of sp³-hybridized carbons (Fsp3) is 0.294. The number of thioether (sulfide) groups is 1. The molecule has 0 fully saturated rings. The highest BCUT2D eigenvalue weighted by atomic mass is 32.2. The van der Waals surface area contributed by atoms with E-state index in [0.29, 0.717) is 18.0 Å². The SMILES string of the molecule is CC(C(=O)NCCSc1nncn1C)n1nc(-c2cccnc2)ccc1=O. The lowest BCUT2D eigenvalue weighted by atomic mass is 10.2. The minimum atomic E-state index is -0.728. The highest BCUT2D eigenvalue weighted by molar-refractivity contribution is 7.99. The van der Waals surface area contributed by atoms with E-state index in [-0.39, 0.29) is 11.5 Å². The van der Waals surface area contributed by atoms with E-state index in [1.165, 1.54) is 22.5 Å². The summed E-state index contributed by atoms with van der Waals surface area (Å²) in [5.41, 5.74) is 1.03. The number of hydrogen-bond donors (Lipinski definition) is 1. The van der Waals surface area contributed by atoms with Crippen LogP contribution in [-0.2, 0) is 11.8 Å². The molecule has 9 nitrogen and oxygen atoms in total. The highest BCUT2D eigenvalue weighted by Crippen LogP contribution is 2.14. The number of aromatic nitrogens is 6. The molecule has 27 heavy (non-hydrogen) atoms. The number of carbonyl (C=O) groups is 1. The second kappa shape index (κ2) is 8.58. The van der Waals surface area contributed by atoms with Crippen molar-refractivity contribution in [3.63, 3.8) is 0 Å². The molecule has 0 radical (unpaired) electrons. The van der Waals surface area contributed by atoms with Gasteiger partial charge < -0.3 is 9.88 Å².